The second-order valence-electron chi connectivity index (χ2n) is 12.2. The van der Waals surface area contributed by atoms with E-state index in [0.29, 0.717) is 37.9 Å². The van der Waals surface area contributed by atoms with Gasteiger partial charge in [0.2, 0.25) is 12.7 Å². The summed E-state index contributed by atoms with van der Waals surface area (Å²) in [5.74, 6) is 4.57. The smallest absolute Gasteiger partial charge is 0.231 e. The van der Waals surface area contributed by atoms with Crippen LogP contribution in [0.2, 0.25) is 0 Å². The second-order valence-corrected chi connectivity index (χ2v) is 12.2. The Labute approximate surface area is 285 Å². The van der Waals surface area contributed by atoms with Crippen molar-refractivity contribution in [1.29, 1.82) is 0 Å². The van der Waals surface area contributed by atoms with Crippen molar-refractivity contribution in [1.82, 2.24) is 4.90 Å². The number of benzene rings is 1. The van der Waals surface area contributed by atoms with Gasteiger partial charge in [-0.25, -0.2) is 0 Å². The number of hydrogen-bond acceptors (Lipinski definition) is 5. The third-order valence-electron chi connectivity index (χ3n) is 6.92. The molecule has 2 atom stereocenters. The summed E-state index contributed by atoms with van der Waals surface area (Å²) >= 11 is 0. The minimum Gasteiger partial charge on any atom is -0.454 e. The van der Waals surface area contributed by atoms with Crippen molar-refractivity contribution in [2.75, 3.05) is 19.9 Å². The van der Waals surface area contributed by atoms with Gasteiger partial charge in [0.1, 0.15) is 12.1 Å². The normalized spacial score (nSPS) is 11.5. The van der Waals surface area contributed by atoms with E-state index in [1.165, 1.54) is 31.7 Å². The summed E-state index contributed by atoms with van der Waals surface area (Å²) in [7, 11) is 0. The summed E-state index contributed by atoms with van der Waals surface area (Å²) in [4.78, 5) is 33.4. The zero-order valence-electron chi connectivity index (χ0n) is 32.1. The number of aryl methyl sites for hydroxylation is 1. The van der Waals surface area contributed by atoms with Crippen molar-refractivity contribution >= 4 is 18.0 Å². The quantitative estimate of drug-likeness (QED) is 0.140. The topological polar surface area (TPSA) is 72.9 Å². The van der Waals surface area contributed by atoms with Crippen LogP contribution >= 0.6 is 0 Å². The van der Waals surface area contributed by atoms with Crippen LogP contribution in [0.5, 0.6) is 11.5 Å². The maximum Gasteiger partial charge on any atom is 0.231 e. The number of rotatable bonds is 15. The number of para-hydroxylation sites is 1. The Morgan fingerprint density at radius 2 is 1.50 bits per heavy atom. The fourth-order valence-corrected chi connectivity index (χ4v) is 4.07. The van der Waals surface area contributed by atoms with Gasteiger partial charge in [0.25, 0.3) is 0 Å². The van der Waals surface area contributed by atoms with Crippen LogP contribution in [0.4, 0.5) is 0 Å². The van der Waals surface area contributed by atoms with Crippen LogP contribution < -0.4 is 9.47 Å². The van der Waals surface area contributed by atoms with Crippen LogP contribution in [0.3, 0.4) is 0 Å². The van der Waals surface area contributed by atoms with Gasteiger partial charge in [-0.3, -0.25) is 4.79 Å². The molecule has 1 aliphatic rings. The van der Waals surface area contributed by atoms with E-state index in [1.807, 2.05) is 17.0 Å². The van der Waals surface area contributed by atoms with Crippen molar-refractivity contribution in [3.63, 3.8) is 0 Å². The average molecular weight is 648 g/mol. The second kappa shape index (κ2) is 36.7. The lowest BCUT2D eigenvalue weighted by molar-refractivity contribution is -0.132. The molecule has 6 nitrogen and oxygen atoms in total. The predicted molar refractivity (Wildman–Crippen MR) is 199 cm³/mol. The summed E-state index contributed by atoms with van der Waals surface area (Å²) in [6, 6.07) is 6.05. The third kappa shape index (κ3) is 31.2. The van der Waals surface area contributed by atoms with Gasteiger partial charge in [-0.1, -0.05) is 113 Å². The maximum atomic E-state index is 11.8. The Morgan fingerprint density at radius 1 is 0.913 bits per heavy atom. The monoisotopic (exact) mass is 648 g/mol. The van der Waals surface area contributed by atoms with E-state index in [1.54, 1.807) is 0 Å². The van der Waals surface area contributed by atoms with Gasteiger partial charge in [-0.05, 0) is 62.5 Å². The van der Waals surface area contributed by atoms with E-state index in [-0.39, 0.29) is 5.78 Å². The predicted octanol–water partition coefficient (Wildman–Crippen LogP) is 10.7. The molecule has 0 radical (unpaired) electrons. The largest absolute Gasteiger partial charge is 0.454 e. The molecule has 0 N–H and O–H groups in total. The number of nitrogens with zero attached hydrogens (tertiary/aromatic N) is 1. The number of carbonyl (C=O) groups is 3. The standard InChI is InChI=1S/C12H25NO.C10H12O2.C8H18.C5H8O2.C3H8.C2H2/c1-5-8-9-13(7-3)12(14)10-11(4)6-2;1-2-4-8-5-3-6-9-10(8)12-7-11-9;1-5-8(4)6-7(2)3;1-5(7)3-2-4-6;1-3-2;1-2/h11H,5-10H2,1-4H3;3,5-6H,2,4,7H2,1H3;7-8H,5-6H2,1-4H3;4H,2-3H2,1H3;3H2,1-2H3;1-2H. The van der Waals surface area contributed by atoms with Gasteiger partial charge in [-0.15, -0.1) is 12.8 Å². The molecule has 0 spiro atoms. The van der Waals surface area contributed by atoms with E-state index in [9.17, 15) is 14.4 Å². The number of amides is 1. The number of aldehydes is 1. The molecular weight excluding hydrogens is 574 g/mol. The SMILES string of the molecule is C#C.CC(=O)CCC=O.CCC.CCC(C)CC(C)C.CCCCN(CC)C(=O)CC(C)CC.CCCc1cccc2c1OCO2. The van der Waals surface area contributed by atoms with Crippen molar-refractivity contribution in [2.45, 2.75) is 154 Å². The average Bonchev–Trinajstić information content (AvgIpc) is 3.52. The zero-order valence-corrected chi connectivity index (χ0v) is 32.1. The Kier molecular flexibility index (Phi) is 39.9. The molecule has 6 heteroatoms. The summed E-state index contributed by atoms with van der Waals surface area (Å²) in [5, 5.41) is 0. The molecule has 268 valence electrons. The van der Waals surface area contributed by atoms with Crippen LogP contribution in [-0.2, 0) is 20.8 Å². The molecule has 1 amide bonds. The van der Waals surface area contributed by atoms with E-state index in [2.05, 4.69) is 95.1 Å². The molecule has 1 aromatic carbocycles. The van der Waals surface area contributed by atoms with Gasteiger partial charge in [0.15, 0.2) is 11.5 Å². The van der Waals surface area contributed by atoms with Crippen LogP contribution in [-0.4, -0.2) is 42.8 Å². The zero-order chi connectivity index (χ0) is 36.3. The number of hydrogen-bond donors (Lipinski definition) is 0. The summed E-state index contributed by atoms with van der Waals surface area (Å²) < 4.78 is 10.6. The first-order chi connectivity index (χ1) is 21.9. The Balaban J connectivity index is -0.000000251. The first kappa shape index (κ1) is 50.1. The van der Waals surface area contributed by atoms with Crippen molar-refractivity contribution < 1.29 is 23.9 Å². The number of fused-ring (bicyclic) bond motifs is 1. The highest BCUT2D eigenvalue weighted by Crippen LogP contribution is 2.35. The number of unbranched alkanes of at least 4 members (excludes halogenated alkanes) is 1. The van der Waals surface area contributed by atoms with Gasteiger partial charge in [-0.2, -0.15) is 0 Å². The molecule has 0 bridgehead atoms. The van der Waals surface area contributed by atoms with E-state index in [4.69, 9.17) is 9.47 Å². The highest BCUT2D eigenvalue weighted by molar-refractivity contribution is 5.77. The van der Waals surface area contributed by atoms with Crippen molar-refractivity contribution in [3.8, 4) is 24.3 Å². The minimum absolute atomic E-state index is 0.0760. The molecule has 0 aromatic heterocycles. The molecule has 2 rings (SSSR count). The number of Topliss-reactive ketones (excluding diaryl/α,β-unsaturated/α-hetero) is 1. The lowest BCUT2D eigenvalue weighted by Gasteiger charge is -2.22. The van der Waals surface area contributed by atoms with Crippen molar-refractivity contribution in [2.24, 2.45) is 17.8 Å². The van der Waals surface area contributed by atoms with E-state index < -0.39 is 0 Å². The number of carbonyl (C=O) groups excluding carboxylic acids is 3. The molecule has 1 aromatic rings. The van der Waals surface area contributed by atoms with Gasteiger partial charge in [0, 0.05) is 32.4 Å². The van der Waals surface area contributed by atoms with Crippen LogP contribution in [0, 0.1) is 30.6 Å². The Bertz CT molecular complexity index is 864. The van der Waals surface area contributed by atoms with Gasteiger partial charge < -0.3 is 24.0 Å². The lowest BCUT2D eigenvalue weighted by atomic mass is 9.97. The molecule has 2 unspecified atom stereocenters. The molecule has 0 saturated carbocycles. The first-order valence-corrected chi connectivity index (χ1v) is 17.8. The van der Waals surface area contributed by atoms with E-state index >= 15 is 0 Å². The number of ether oxygens (including phenoxy) is 2. The molecule has 0 fully saturated rings. The molecule has 1 heterocycles. The van der Waals surface area contributed by atoms with Gasteiger partial charge >= 0.3 is 0 Å². The number of ketones is 1. The van der Waals surface area contributed by atoms with Crippen molar-refractivity contribution in [3.05, 3.63) is 23.8 Å². The van der Waals surface area contributed by atoms with Crippen LogP contribution in [0.15, 0.2) is 18.2 Å². The van der Waals surface area contributed by atoms with Gasteiger partial charge in [0.05, 0.1) is 0 Å². The summed E-state index contributed by atoms with van der Waals surface area (Å²) in [5.41, 5.74) is 1.26. The Hall–Kier alpha value is -2.81. The van der Waals surface area contributed by atoms with Crippen LogP contribution in [0.1, 0.15) is 153 Å². The minimum atomic E-state index is 0.0760. The fourth-order valence-electron chi connectivity index (χ4n) is 4.07. The summed E-state index contributed by atoms with van der Waals surface area (Å²) in [6.45, 7) is 27.7. The molecule has 1 aliphatic heterocycles. The summed E-state index contributed by atoms with van der Waals surface area (Å²) in [6.07, 6.45) is 19.8. The molecule has 0 aliphatic carbocycles. The lowest BCUT2D eigenvalue weighted by Crippen LogP contribution is -2.32. The molecule has 0 saturated heterocycles. The van der Waals surface area contributed by atoms with E-state index in [0.717, 1.165) is 74.8 Å². The highest BCUT2D eigenvalue weighted by atomic mass is 16.7. The first-order valence-electron chi connectivity index (χ1n) is 17.8. The Morgan fingerprint density at radius 3 is 1.89 bits per heavy atom. The molecular formula is C40H73NO5. The fraction of sp³-hybridized carbons (Fsp3) is 0.725. The number of terminal acetylenes is 1. The third-order valence-corrected chi connectivity index (χ3v) is 6.92. The maximum absolute atomic E-state index is 11.8. The van der Waals surface area contributed by atoms with Crippen LogP contribution in [0.25, 0.3) is 0 Å². The molecule has 46 heavy (non-hydrogen) atoms. The highest BCUT2D eigenvalue weighted by Gasteiger charge is 2.16.